The number of aromatic nitrogens is 1. The van der Waals surface area contributed by atoms with E-state index in [2.05, 4.69) is 17.2 Å². The molecule has 132 valence electrons. The second-order valence-electron chi connectivity index (χ2n) is 5.27. The highest BCUT2D eigenvalue weighted by Crippen LogP contribution is 2.20. The third-order valence-electron chi connectivity index (χ3n) is 3.43. The molecular formula is C17H18IN3O4. The third kappa shape index (κ3) is 5.38. The quantitative estimate of drug-likeness (QED) is 0.284. The van der Waals surface area contributed by atoms with Gasteiger partial charge in [-0.25, -0.2) is 4.98 Å². The van der Waals surface area contributed by atoms with E-state index in [1.807, 2.05) is 28.7 Å². The molecule has 1 heterocycles. The van der Waals surface area contributed by atoms with E-state index in [1.165, 1.54) is 12.1 Å². The lowest BCUT2D eigenvalue weighted by atomic mass is 10.2. The molecule has 0 aliphatic rings. The number of hydrogen-bond acceptors (Lipinski definition) is 5. The summed E-state index contributed by atoms with van der Waals surface area (Å²) in [5.41, 5.74) is 0.912. The van der Waals surface area contributed by atoms with Crippen molar-refractivity contribution in [3.05, 3.63) is 61.3 Å². The van der Waals surface area contributed by atoms with Gasteiger partial charge >= 0.3 is 0 Å². The fraction of sp³-hybridized carbons (Fsp3) is 0.294. The van der Waals surface area contributed by atoms with Crippen LogP contribution in [0, 0.1) is 13.7 Å². The van der Waals surface area contributed by atoms with E-state index in [1.54, 1.807) is 18.3 Å². The number of ether oxygens (including phenoxy) is 1. The lowest BCUT2D eigenvalue weighted by molar-refractivity contribution is -0.384. The minimum Gasteiger partial charge on any atom is -0.477 e. The fourth-order valence-corrected chi connectivity index (χ4v) is 2.65. The number of pyridine rings is 1. The summed E-state index contributed by atoms with van der Waals surface area (Å²) in [7, 11) is 0. The van der Waals surface area contributed by atoms with Gasteiger partial charge in [-0.15, -0.1) is 0 Å². The van der Waals surface area contributed by atoms with E-state index in [4.69, 9.17) is 4.74 Å². The first-order valence-corrected chi connectivity index (χ1v) is 8.89. The first-order valence-electron chi connectivity index (χ1n) is 7.81. The molecule has 2 rings (SSSR count). The Kier molecular flexibility index (Phi) is 7.11. The number of carbonyl (C=O) groups excluding carboxylic acids is 1. The highest BCUT2D eigenvalue weighted by molar-refractivity contribution is 14.1. The normalized spacial score (nSPS) is 10.3. The Morgan fingerprint density at radius 2 is 2.20 bits per heavy atom. The lowest BCUT2D eigenvalue weighted by Gasteiger charge is -2.11. The van der Waals surface area contributed by atoms with Crippen molar-refractivity contribution < 1.29 is 14.5 Å². The van der Waals surface area contributed by atoms with Crippen molar-refractivity contribution in [1.29, 1.82) is 0 Å². The van der Waals surface area contributed by atoms with Crippen molar-refractivity contribution in [3.63, 3.8) is 0 Å². The van der Waals surface area contributed by atoms with Gasteiger partial charge < -0.3 is 10.1 Å². The maximum atomic E-state index is 12.4. The van der Waals surface area contributed by atoms with Crippen LogP contribution in [0.5, 0.6) is 5.88 Å². The minimum atomic E-state index is -0.520. The summed E-state index contributed by atoms with van der Waals surface area (Å²) in [4.78, 5) is 26.9. The van der Waals surface area contributed by atoms with E-state index in [9.17, 15) is 14.9 Å². The van der Waals surface area contributed by atoms with Crippen molar-refractivity contribution in [2.75, 3.05) is 6.61 Å². The molecule has 1 amide bonds. The molecule has 1 aromatic heterocycles. The number of amides is 1. The standard InChI is InChI=1S/C17H18IN3O4/c1-2-3-9-25-17-12(5-4-8-19-17)11-20-16(22)14-10-13(21(23)24)6-7-15(14)18/h4-8,10H,2-3,9,11H2,1H3,(H,20,22). The van der Waals surface area contributed by atoms with Gasteiger partial charge in [-0.05, 0) is 41.1 Å². The summed E-state index contributed by atoms with van der Waals surface area (Å²) in [6, 6.07) is 7.80. The second kappa shape index (κ2) is 9.30. The molecule has 1 aromatic carbocycles. The van der Waals surface area contributed by atoms with Crippen molar-refractivity contribution in [2.45, 2.75) is 26.3 Å². The zero-order valence-corrected chi connectivity index (χ0v) is 15.9. The van der Waals surface area contributed by atoms with Crippen molar-refractivity contribution in [3.8, 4) is 5.88 Å². The first-order chi connectivity index (χ1) is 12.0. The van der Waals surface area contributed by atoms with Gasteiger partial charge in [0.25, 0.3) is 11.6 Å². The van der Waals surface area contributed by atoms with E-state index in [0.717, 1.165) is 18.4 Å². The molecule has 8 heteroatoms. The zero-order chi connectivity index (χ0) is 18.2. The summed E-state index contributed by atoms with van der Waals surface area (Å²) in [5.74, 6) is 0.112. The number of nitro groups is 1. The Labute approximate surface area is 159 Å². The summed E-state index contributed by atoms with van der Waals surface area (Å²) in [6.45, 7) is 2.87. The largest absolute Gasteiger partial charge is 0.477 e. The van der Waals surface area contributed by atoms with E-state index in [0.29, 0.717) is 16.1 Å². The molecule has 0 atom stereocenters. The molecule has 0 saturated heterocycles. The lowest BCUT2D eigenvalue weighted by Crippen LogP contribution is -2.24. The van der Waals surface area contributed by atoms with Gasteiger partial charge in [0.1, 0.15) is 0 Å². The molecule has 0 bridgehead atoms. The number of non-ortho nitro benzene ring substituents is 1. The first kappa shape index (κ1) is 19.1. The van der Waals surface area contributed by atoms with Crippen molar-refractivity contribution >= 4 is 34.2 Å². The monoisotopic (exact) mass is 455 g/mol. The number of rotatable bonds is 8. The third-order valence-corrected chi connectivity index (χ3v) is 4.37. The van der Waals surface area contributed by atoms with E-state index < -0.39 is 4.92 Å². The van der Waals surface area contributed by atoms with Crippen LogP contribution in [0.3, 0.4) is 0 Å². The van der Waals surface area contributed by atoms with Crippen LogP contribution in [0.2, 0.25) is 0 Å². The number of halogens is 1. The summed E-state index contributed by atoms with van der Waals surface area (Å²) in [5, 5.41) is 13.6. The maximum Gasteiger partial charge on any atom is 0.270 e. The molecule has 1 N–H and O–H groups in total. The topological polar surface area (TPSA) is 94.4 Å². The molecule has 0 radical (unpaired) electrons. The highest BCUT2D eigenvalue weighted by atomic mass is 127. The number of hydrogen-bond donors (Lipinski definition) is 1. The number of unbranched alkanes of at least 4 members (excludes halogenated alkanes) is 1. The molecule has 25 heavy (non-hydrogen) atoms. The Morgan fingerprint density at radius 1 is 1.40 bits per heavy atom. The predicted molar refractivity (Wildman–Crippen MR) is 102 cm³/mol. The van der Waals surface area contributed by atoms with Crippen LogP contribution in [0.25, 0.3) is 0 Å². The predicted octanol–water partition coefficient (Wildman–Crippen LogP) is 3.70. The number of nitro benzene ring substituents is 1. The number of nitrogens with one attached hydrogen (secondary N) is 1. The molecule has 0 aliphatic heterocycles. The highest BCUT2D eigenvalue weighted by Gasteiger charge is 2.16. The van der Waals surface area contributed by atoms with Crippen LogP contribution in [-0.2, 0) is 6.54 Å². The van der Waals surface area contributed by atoms with Gasteiger partial charge in [-0.3, -0.25) is 14.9 Å². The summed E-state index contributed by atoms with van der Waals surface area (Å²) < 4.78 is 6.28. The maximum absolute atomic E-state index is 12.4. The molecule has 0 unspecified atom stereocenters. The second-order valence-corrected chi connectivity index (χ2v) is 6.44. The average molecular weight is 455 g/mol. The average Bonchev–Trinajstić information content (AvgIpc) is 2.61. The van der Waals surface area contributed by atoms with Crippen LogP contribution in [-0.4, -0.2) is 22.4 Å². The molecule has 2 aromatic rings. The molecular weight excluding hydrogens is 437 g/mol. The SMILES string of the molecule is CCCCOc1ncccc1CNC(=O)c1cc([N+](=O)[O-])ccc1I. The van der Waals surface area contributed by atoms with Crippen LogP contribution in [0.15, 0.2) is 36.5 Å². The number of benzene rings is 1. The van der Waals surface area contributed by atoms with Crippen LogP contribution >= 0.6 is 22.6 Å². The zero-order valence-electron chi connectivity index (χ0n) is 13.7. The van der Waals surface area contributed by atoms with E-state index >= 15 is 0 Å². The Hall–Kier alpha value is -2.23. The molecule has 0 fully saturated rings. The Balaban J connectivity index is 2.08. The van der Waals surface area contributed by atoms with E-state index in [-0.39, 0.29) is 23.7 Å². The smallest absolute Gasteiger partial charge is 0.270 e. The van der Waals surface area contributed by atoms with Gasteiger partial charge in [0.2, 0.25) is 5.88 Å². The summed E-state index contributed by atoms with van der Waals surface area (Å²) in [6.07, 6.45) is 3.58. The van der Waals surface area contributed by atoms with Crippen LogP contribution in [0.4, 0.5) is 5.69 Å². The van der Waals surface area contributed by atoms with Crippen molar-refractivity contribution in [1.82, 2.24) is 10.3 Å². The molecule has 0 spiro atoms. The van der Waals surface area contributed by atoms with Gasteiger partial charge in [-0.2, -0.15) is 0 Å². The minimum absolute atomic E-state index is 0.115. The Bertz CT molecular complexity index is 767. The van der Waals surface area contributed by atoms with Crippen molar-refractivity contribution in [2.24, 2.45) is 0 Å². The van der Waals surface area contributed by atoms with Gasteiger partial charge in [-0.1, -0.05) is 19.4 Å². The molecule has 7 nitrogen and oxygen atoms in total. The van der Waals surface area contributed by atoms with Gasteiger partial charge in [0.05, 0.1) is 17.1 Å². The molecule has 0 aliphatic carbocycles. The number of nitrogens with zero attached hydrogens (tertiary/aromatic N) is 2. The van der Waals surface area contributed by atoms with Crippen LogP contribution in [0.1, 0.15) is 35.7 Å². The Morgan fingerprint density at radius 3 is 2.92 bits per heavy atom. The van der Waals surface area contributed by atoms with Crippen LogP contribution < -0.4 is 10.1 Å². The van der Waals surface area contributed by atoms with Gasteiger partial charge in [0.15, 0.2) is 0 Å². The fourth-order valence-electron chi connectivity index (χ4n) is 2.07. The molecule has 0 saturated carbocycles. The number of carbonyl (C=O) groups is 1. The summed E-state index contributed by atoms with van der Waals surface area (Å²) >= 11 is 1.98. The van der Waals surface area contributed by atoms with Gasteiger partial charge in [0, 0.05) is 34.0 Å².